The molecule has 0 atom stereocenters. The van der Waals surface area contributed by atoms with Gasteiger partial charge in [-0.3, -0.25) is 9.48 Å². The molecule has 0 aromatic carbocycles. The van der Waals surface area contributed by atoms with E-state index >= 15 is 0 Å². The van der Waals surface area contributed by atoms with Gasteiger partial charge >= 0.3 is 0 Å². The molecule has 1 amide bonds. The fourth-order valence-corrected chi connectivity index (χ4v) is 1.67. The molecule has 0 saturated heterocycles. The summed E-state index contributed by atoms with van der Waals surface area (Å²) in [5.41, 5.74) is -0.801. The van der Waals surface area contributed by atoms with Crippen LogP contribution in [0.4, 0.5) is 0 Å². The number of hydrogen-bond acceptors (Lipinski definition) is 3. The van der Waals surface area contributed by atoms with Gasteiger partial charge in [0.1, 0.15) is 5.54 Å². The molecule has 0 bridgehead atoms. The molecule has 6 heteroatoms. The lowest BCUT2D eigenvalue weighted by Crippen LogP contribution is -2.52. The van der Waals surface area contributed by atoms with Crippen LogP contribution >= 0.6 is 15.9 Å². The van der Waals surface area contributed by atoms with Crippen molar-refractivity contribution >= 4 is 21.8 Å². The van der Waals surface area contributed by atoms with Crippen molar-refractivity contribution < 1.29 is 4.79 Å². The third-order valence-electron chi connectivity index (χ3n) is 3.57. The third-order valence-corrected chi connectivity index (χ3v) is 3.98. The Hall–Kier alpha value is -0.880. The highest BCUT2D eigenvalue weighted by atomic mass is 79.9. The van der Waals surface area contributed by atoms with Crippen LogP contribution in [0, 0.1) is 0 Å². The molecule has 1 N–H and O–H groups in total. The molecule has 0 radical (unpaired) electrons. The van der Waals surface area contributed by atoms with Crippen molar-refractivity contribution in [1.29, 1.82) is 0 Å². The molecule has 1 aromatic rings. The Bertz CT molecular complexity index is 451. The smallest absolute Gasteiger partial charge is 0.247 e. The van der Waals surface area contributed by atoms with Gasteiger partial charge in [0.25, 0.3) is 0 Å². The Morgan fingerprint density at radius 2 is 2.00 bits per heavy atom. The minimum absolute atomic E-state index is 0.0435. The topological polar surface area (TPSA) is 50.2 Å². The van der Waals surface area contributed by atoms with Crippen LogP contribution in [0.25, 0.3) is 0 Å². The van der Waals surface area contributed by atoms with Gasteiger partial charge in [0.15, 0.2) is 0 Å². The predicted molar refractivity (Wildman–Crippen MR) is 80.0 cm³/mol. The van der Waals surface area contributed by atoms with Crippen molar-refractivity contribution in [3.05, 3.63) is 16.9 Å². The summed E-state index contributed by atoms with van der Waals surface area (Å²) in [6, 6.07) is 0. The van der Waals surface area contributed by atoms with E-state index in [1.807, 2.05) is 27.9 Å². The van der Waals surface area contributed by atoms with Gasteiger partial charge in [-0.2, -0.15) is 5.10 Å². The van der Waals surface area contributed by atoms with Gasteiger partial charge in [0.2, 0.25) is 5.91 Å². The fourth-order valence-electron chi connectivity index (χ4n) is 1.38. The van der Waals surface area contributed by atoms with Crippen molar-refractivity contribution in [2.45, 2.75) is 38.8 Å². The standard InChI is InChI=1S/C13H23BrN4O/c1-12(2,17(5)6)9-15-11(19)13(3,4)18-8-10(14)7-16-18/h7-8H,9H2,1-6H3,(H,15,19). The van der Waals surface area contributed by atoms with Gasteiger partial charge < -0.3 is 10.2 Å². The number of carbonyl (C=O) groups is 1. The Morgan fingerprint density at radius 1 is 1.42 bits per heavy atom. The summed E-state index contributed by atoms with van der Waals surface area (Å²) in [5, 5.41) is 7.18. The minimum Gasteiger partial charge on any atom is -0.352 e. The molecular weight excluding hydrogens is 308 g/mol. The summed E-state index contributed by atoms with van der Waals surface area (Å²) >= 11 is 3.34. The summed E-state index contributed by atoms with van der Waals surface area (Å²) < 4.78 is 2.52. The van der Waals surface area contributed by atoms with E-state index in [1.54, 1.807) is 17.1 Å². The van der Waals surface area contributed by atoms with Gasteiger partial charge in [0, 0.05) is 18.3 Å². The molecule has 1 rings (SSSR count). The highest BCUT2D eigenvalue weighted by Gasteiger charge is 2.32. The fraction of sp³-hybridized carbons (Fsp3) is 0.692. The van der Waals surface area contributed by atoms with Gasteiger partial charge in [-0.15, -0.1) is 0 Å². The number of amides is 1. The van der Waals surface area contributed by atoms with E-state index in [1.165, 1.54) is 0 Å². The monoisotopic (exact) mass is 330 g/mol. The molecule has 0 aliphatic carbocycles. The lowest BCUT2D eigenvalue weighted by atomic mass is 10.0. The molecule has 0 spiro atoms. The van der Waals surface area contributed by atoms with Crippen LogP contribution in [0.2, 0.25) is 0 Å². The van der Waals surface area contributed by atoms with E-state index in [2.05, 4.69) is 45.1 Å². The van der Waals surface area contributed by atoms with Crippen LogP contribution in [0.15, 0.2) is 16.9 Å². The van der Waals surface area contributed by atoms with Crippen molar-refractivity contribution in [1.82, 2.24) is 20.0 Å². The highest BCUT2D eigenvalue weighted by Crippen LogP contribution is 2.18. The molecule has 5 nitrogen and oxygen atoms in total. The first-order chi connectivity index (χ1) is 8.57. The van der Waals surface area contributed by atoms with Crippen molar-refractivity contribution in [2.24, 2.45) is 0 Å². The number of likely N-dealkylation sites (N-methyl/N-ethyl adjacent to an activating group) is 1. The summed E-state index contributed by atoms with van der Waals surface area (Å²) in [5.74, 6) is -0.0435. The molecule has 0 fully saturated rings. The first-order valence-corrected chi connectivity index (χ1v) is 7.03. The Balaban J connectivity index is 2.73. The third kappa shape index (κ3) is 3.79. The van der Waals surface area contributed by atoms with E-state index in [4.69, 9.17) is 0 Å². The van der Waals surface area contributed by atoms with Crippen LogP contribution in [0.1, 0.15) is 27.7 Å². The second-order valence-electron chi connectivity index (χ2n) is 6.05. The molecule has 0 saturated carbocycles. The van der Waals surface area contributed by atoms with Gasteiger partial charge in [0.05, 0.1) is 10.7 Å². The van der Waals surface area contributed by atoms with Crippen LogP contribution in [0.3, 0.4) is 0 Å². The quantitative estimate of drug-likeness (QED) is 0.896. The first kappa shape index (κ1) is 16.2. The number of carbonyl (C=O) groups excluding carboxylic acids is 1. The van der Waals surface area contributed by atoms with E-state index in [0.29, 0.717) is 6.54 Å². The van der Waals surface area contributed by atoms with Gasteiger partial charge in [-0.05, 0) is 57.7 Å². The summed E-state index contributed by atoms with van der Waals surface area (Å²) in [4.78, 5) is 14.4. The normalized spacial score (nSPS) is 12.8. The second kappa shape index (κ2) is 5.63. The first-order valence-electron chi connectivity index (χ1n) is 6.24. The maximum atomic E-state index is 12.3. The SMILES string of the molecule is CN(C)C(C)(C)CNC(=O)C(C)(C)n1cc(Br)cn1. The molecular formula is C13H23BrN4O. The summed E-state index contributed by atoms with van der Waals surface area (Å²) in [7, 11) is 4.00. The van der Waals surface area contributed by atoms with Gasteiger partial charge in [-0.1, -0.05) is 0 Å². The van der Waals surface area contributed by atoms with Gasteiger partial charge in [-0.25, -0.2) is 0 Å². The average molecular weight is 331 g/mol. The zero-order valence-corrected chi connectivity index (χ0v) is 14.1. The van der Waals surface area contributed by atoms with E-state index < -0.39 is 5.54 Å². The number of nitrogens with one attached hydrogen (secondary N) is 1. The predicted octanol–water partition coefficient (Wildman–Crippen LogP) is 1.84. The number of rotatable bonds is 5. The molecule has 0 aliphatic rings. The van der Waals surface area contributed by atoms with E-state index in [0.717, 1.165) is 4.47 Å². The Kier molecular flexibility index (Phi) is 4.79. The van der Waals surface area contributed by atoms with Crippen LogP contribution in [0.5, 0.6) is 0 Å². The Labute approximate surface area is 123 Å². The molecule has 0 unspecified atom stereocenters. The molecule has 108 valence electrons. The maximum Gasteiger partial charge on any atom is 0.247 e. The van der Waals surface area contributed by atoms with Crippen molar-refractivity contribution in [3.8, 4) is 0 Å². The number of hydrogen-bond donors (Lipinski definition) is 1. The molecule has 1 heterocycles. The number of aromatic nitrogens is 2. The lowest BCUT2D eigenvalue weighted by molar-refractivity contribution is -0.129. The van der Waals surface area contributed by atoms with E-state index in [-0.39, 0.29) is 11.4 Å². The van der Waals surface area contributed by atoms with Crippen LogP contribution in [-0.4, -0.2) is 46.8 Å². The number of halogens is 1. The maximum absolute atomic E-state index is 12.3. The largest absolute Gasteiger partial charge is 0.352 e. The summed E-state index contributed by atoms with van der Waals surface area (Å²) in [6.07, 6.45) is 3.48. The minimum atomic E-state index is -0.714. The van der Waals surface area contributed by atoms with Crippen molar-refractivity contribution in [3.63, 3.8) is 0 Å². The lowest BCUT2D eigenvalue weighted by Gasteiger charge is -2.34. The number of nitrogens with zero attached hydrogens (tertiary/aromatic N) is 3. The zero-order chi connectivity index (χ0) is 14.8. The highest BCUT2D eigenvalue weighted by molar-refractivity contribution is 9.10. The van der Waals surface area contributed by atoms with Crippen LogP contribution < -0.4 is 5.32 Å². The molecule has 0 aliphatic heterocycles. The Morgan fingerprint density at radius 3 is 2.42 bits per heavy atom. The van der Waals surface area contributed by atoms with Crippen LogP contribution in [-0.2, 0) is 10.3 Å². The van der Waals surface area contributed by atoms with E-state index in [9.17, 15) is 4.79 Å². The average Bonchev–Trinajstić information content (AvgIpc) is 2.73. The zero-order valence-electron chi connectivity index (χ0n) is 12.5. The van der Waals surface area contributed by atoms with Crippen molar-refractivity contribution in [2.75, 3.05) is 20.6 Å². The second-order valence-corrected chi connectivity index (χ2v) is 6.97. The molecule has 1 aromatic heterocycles. The molecule has 19 heavy (non-hydrogen) atoms. The summed E-state index contributed by atoms with van der Waals surface area (Å²) in [6.45, 7) is 8.47.